The molecule has 0 aliphatic carbocycles. The summed E-state index contributed by atoms with van der Waals surface area (Å²) in [7, 11) is 0. The van der Waals surface area contributed by atoms with Crippen LogP contribution in [0.3, 0.4) is 0 Å². The number of ether oxygens (including phenoxy) is 2. The first-order chi connectivity index (χ1) is 8.20. The number of aromatic amines is 1. The Balaban J connectivity index is 2.39. The summed E-state index contributed by atoms with van der Waals surface area (Å²) in [5.74, 6) is 1.34. The Kier molecular flexibility index (Phi) is 2.11. The maximum absolute atomic E-state index is 12.2. The summed E-state index contributed by atoms with van der Waals surface area (Å²) in [5, 5.41) is 0.656. The molecule has 1 aliphatic rings. The molecule has 0 saturated heterocycles. The van der Waals surface area contributed by atoms with Crippen LogP contribution in [0.4, 0.5) is 0 Å². The molecule has 3 rings (SSSR count). The van der Waals surface area contributed by atoms with E-state index in [9.17, 15) is 4.79 Å². The molecule has 1 aromatic heterocycles. The lowest BCUT2D eigenvalue weighted by molar-refractivity contribution is 0.174. The lowest BCUT2D eigenvalue weighted by Gasteiger charge is -2.07. The number of H-pyrrole nitrogens is 1. The quantitative estimate of drug-likeness (QED) is 0.818. The number of aromatic nitrogens is 1. The SMILES string of the molecule is CCc1[nH]c2cc3c(cc2c(=O)c1C)OCO3. The van der Waals surface area contributed by atoms with Crippen LogP contribution in [0, 0.1) is 6.92 Å². The van der Waals surface area contributed by atoms with Gasteiger partial charge >= 0.3 is 0 Å². The number of aryl methyl sites for hydroxylation is 1. The first-order valence-electron chi connectivity index (χ1n) is 5.66. The predicted molar refractivity (Wildman–Crippen MR) is 64.8 cm³/mol. The van der Waals surface area contributed by atoms with Gasteiger partial charge in [-0.25, -0.2) is 0 Å². The van der Waals surface area contributed by atoms with Crippen molar-refractivity contribution in [3.05, 3.63) is 33.6 Å². The van der Waals surface area contributed by atoms with Gasteiger partial charge in [-0.2, -0.15) is 0 Å². The van der Waals surface area contributed by atoms with E-state index in [1.165, 1.54) is 0 Å². The van der Waals surface area contributed by atoms with E-state index in [1.54, 1.807) is 6.07 Å². The van der Waals surface area contributed by atoms with Crippen molar-refractivity contribution in [1.82, 2.24) is 4.98 Å². The molecule has 0 saturated carbocycles. The predicted octanol–water partition coefficient (Wildman–Crippen LogP) is 2.13. The van der Waals surface area contributed by atoms with Crippen LogP contribution in [0.15, 0.2) is 16.9 Å². The average molecular weight is 231 g/mol. The molecule has 17 heavy (non-hydrogen) atoms. The summed E-state index contributed by atoms with van der Waals surface area (Å²) in [6.07, 6.45) is 0.811. The molecule has 0 unspecified atom stereocenters. The molecule has 0 bridgehead atoms. The number of rotatable bonds is 1. The number of fused-ring (bicyclic) bond motifs is 2. The Hall–Kier alpha value is -1.97. The van der Waals surface area contributed by atoms with Gasteiger partial charge in [0.2, 0.25) is 6.79 Å². The van der Waals surface area contributed by atoms with Crippen molar-refractivity contribution < 1.29 is 9.47 Å². The normalized spacial score (nSPS) is 13.3. The zero-order chi connectivity index (χ0) is 12.0. The van der Waals surface area contributed by atoms with E-state index in [-0.39, 0.29) is 12.2 Å². The molecule has 2 aromatic rings. The average Bonchev–Trinajstić information content (AvgIpc) is 2.78. The van der Waals surface area contributed by atoms with Gasteiger partial charge in [0, 0.05) is 22.7 Å². The third-order valence-corrected chi connectivity index (χ3v) is 3.19. The molecule has 0 amide bonds. The Morgan fingerprint density at radius 3 is 2.71 bits per heavy atom. The van der Waals surface area contributed by atoms with Crippen molar-refractivity contribution in [3.63, 3.8) is 0 Å². The van der Waals surface area contributed by atoms with E-state index in [4.69, 9.17) is 9.47 Å². The first kappa shape index (κ1) is 10.2. The van der Waals surface area contributed by atoms with Gasteiger partial charge < -0.3 is 14.5 Å². The smallest absolute Gasteiger partial charge is 0.231 e. The Morgan fingerprint density at radius 1 is 1.29 bits per heavy atom. The van der Waals surface area contributed by atoms with Crippen LogP contribution in [0.25, 0.3) is 10.9 Å². The second-order valence-corrected chi connectivity index (χ2v) is 4.16. The molecule has 0 spiro atoms. The second-order valence-electron chi connectivity index (χ2n) is 4.16. The van der Waals surface area contributed by atoms with Crippen LogP contribution in [-0.4, -0.2) is 11.8 Å². The van der Waals surface area contributed by atoms with E-state index in [0.29, 0.717) is 16.9 Å². The highest BCUT2D eigenvalue weighted by atomic mass is 16.7. The van der Waals surface area contributed by atoms with Gasteiger partial charge in [0.15, 0.2) is 16.9 Å². The van der Waals surface area contributed by atoms with E-state index in [1.807, 2.05) is 19.9 Å². The molecular formula is C13H13NO3. The van der Waals surface area contributed by atoms with Gasteiger partial charge in [-0.1, -0.05) is 6.92 Å². The van der Waals surface area contributed by atoms with Crippen LogP contribution >= 0.6 is 0 Å². The lowest BCUT2D eigenvalue weighted by atomic mass is 10.1. The van der Waals surface area contributed by atoms with Crippen LogP contribution in [0.5, 0.6) is 11.5 Å². The summed E-state index contributed by atoms with van der Waals surface area (Å²) < 4.78 is 10.6. The Morgan fingerprint density at radius 2 is 2.00 bits per heavy atom. The highest BCUT2D eigenvalue weighted by molar-refractivity contribution is 5.83. The monoisotopic (exact) mass is 231 g/mol. The molecule has 0 fully saturated rings. The number of benzene rings is 1. The second kappa shape index (κ2) is 3.52. The topological polar surface area (TPSA) is 51.3 Å². The van der Waals surface area contributed by atoms with Crippen molar-refractivity contribution in [2.75, 3.05) is 6.79 Å². The third-order valence-electron chi connectivity index (χ3n) is 3.19. The molecule has 4 nitrogen and oxygen atoms in total. The van der Waals surface area contributed by atoms with Crippen LogP contribution in [-0.2, 0) is 6.42 Å². The minimum absolute atomic E-state index is 0.0638. The summed E-state index contributed by atoms with van der Waals surface area (Å²) in [6, 6.07) is 3.58. The zero-order valence-electron chi connectivity index (χ0n) is 9.79. The van der Waals surface area contributed by atoms with Crippen molar-refractivity contribution in [2.24, 2.45) is 0 Å². The molecule has 0 atom stereocenters. The van der Waals surface area contributed by atoms with Crippen molar-refractivity contribution >= 4 is 10.9 Å². The Labute approximate surface area is 98.2 Å². The van der Waals surface area contributed by atoms with Gasteiger partial charge in [0.1, 0.15) is 0 Å². The van der Waals surface area contributed by atoms with E-state index < -0.39 is 0 Å². The van der Waals surface area contributed by atoms with Crippen LogP contribution < -0.4 is 14.9 Å². The molecule has 1 aliphatic heterocycles. The third kappa shape index (κ3) is 1.40. The van der Waals surface area contributed by atoms with Crippen molar-refractivity contribution in [2.45, 2.75) is 20.3 Å². The number of pyridine rings is 1. The zero-order valence-corrected chi connectivity index (χ0v) is 9.79. The maximum atomic E-state index is 12.2. The number of hydrogen-bond acceptors (Lipinski definition) is 3. The summed E-state index contributed by atoms with van der Waals surface area (Å²) in [6.45, 7) is 4.10. The molecule has 4 heteroatoms. The fraction of sp³-hybridized carbons (Fsp3) is 0.308. The van der Waals surface area contributed by atoms with E-state index in [0.717, 1.165) is 23.2 Å². The van der Waals surface area contributed by atoms with Gasteiger partial charge in [-0.15, -0.1) is 0 Å². The van der Waals surface area contributed by atoms with E-state index >= 15 is 0 Å². The van der Waals surface area contributed by atoms with Crippen molar-refractivity contribution in [1.29, 1.82) is 0 Å². The molecular weight excluding hydrogens is 218 g/mol. The fourth-order valence-corrected chi connectivity index (χ4v) is 2.18. The number of hydrogen-bond donors (Lipinski definition) is 1. The van der Waals surface area contributed by atoms with Gasteiger partial charge in [0.05, 0.1) is 5.52 Å². The fourth-order valence-electron chi connectivity index (χ4n) is 2.18. The molecule has 2 heterocycles. The van der Waals surface area contributed by atoms with Crippen LogP contribution in [0.1, 0.15) is 18.2 Å². The maximum Gasteiger partial charge on any atom is 0.231 e. The van der Waals surface area contributed by atoms with Gasteiger partial charge in [0.25, 0.3) is 0 Å². The van der Waals surface area contributed by atoms with Crippen LogP contribution in [0.2, 0.25) is 0 Å². The lowest BCUT2D eigenvalue weighted by Crippen LogP contribution is -2.11. The largest absolute Gasteiger partial charge is 0.454 e. The highest BCUT2D eigenvalue weighted by Crippen LogP contribution is 2.34. The Bertz CT molecular complexity index is 652. The summed E-state index contributed by atoms with van der Waals surface area (Å²) in [5.41, 5.74) is 2.62. The van der Waals surface area contributed by atoms with Crippen molar-refractivity contribution in [3.8, 4) is 11.5 Å². The standard InChI is InChI=1S/C13H13NO3/c1-3-9-7(2)13(15)8-4-11-12(17-6-16-11)5-10(8)14-9/h4-5H,3,6H2,1-2H3,(H,14,15). The minimum Gasteiger partial charge on any atom is -0.454 e. The minimum atomic E-state index is 0.0638. The van der Waals surface area contributed by atoms with Gasteiger partial charge in [-0.05, 0) is 19.4 Å². The molecule has 1 aromatic carbocycles. The molecule has 1 N–H and O–H groups in total. The summed E-state index contributed by atoms with van der Waals surface area (Å²) in [4.78, 5) is 15.5. The highest BCUT2D eigenvalue weighted by Gasteiger charge is 2.16. The summed E-state index contributed by atoms with van der Waals surface area (Å²) >= 11 is 0. The van der Waals surface area contributed by atoms with E-state index in [2.05, 4.69) is 4.98 Å². The number of nitrogens with one attached hydrogen (secondary N) is 1. The molecule has 88 valence electrons. The molecule has 0 radical (unpaired) electrons. The van der Waals surface area contributed by atoms with Gasteiger partial charge in [-0.3, -0.25) is 4.79 Å². The first-order valence-corrected chi connectivity index (χ1v) is 5.66.